The Kier molecular flexibility index (Phi) is 7.03. The lowest BCUT2D eigenvalue weighted by Crippen LogP contribution is -2.24. The lowest BCUT2D eigenvalue weighted by atomic mass is 9.98. The van der Waals surface area contributed by atoms with Crippen molar-refractivity contribution in [1.82, 2.24) is 14.5 Å². The van der Waals surface area contributed by atoms with E-state index in [0.29, 0.717) is 17.3 Å². The molecule has 4 aromatic rings. The molecule has 0 aliphatic carbocycles. The summed E-state index contributed by atoms with van der Waals surface area (Å²) in [4.78, 5) is 21.7. The fourth-order valence-electron chi connectivity index (χ4n) is 3.99. The number of aromatic nitrogens is 3. The van der Waals surface area contributed by atoms with Crippen LogP contribution in [0.1, 0.15) is 62.3 Å². The van der Waals surface area contributed by atoms with Crippen molar-refractivity contribution in [3.8, 4) is 11.1 Å². The number of rotatable bonds is 7. The van der Waals surface area contributed by atoms with E-state index in [1.165, 1.54) is 0 Å². The maximum atomic E-state index is 12.8. The number of benzene rings is 2. The molecule has 4 rings (SSSR count). The highest BCUT2D eigenvalue weighted by molar-refractivity contribution is 6.33. The lowest BCUT2D eigenvalue weighted by Gasteiger charge is -2.20. The Morgan fingerprint density at radius 3 is 2.50 bits per heavy atom. The van der Waals surface area contributed by atoms with E-state index in [-0.39, 0.29) is 5.97 Å². The molecule has 176 valence electrons. The lowest BCUT2D eigenvalue weighted by molar-refractivity contribution is 0.00704. The van der Waals surface area contributed by atoms with E-state index in [1.807, 2.05) is 51.1 Å². The number of imidazole rings is 1. The molecule has 0 unspecified atom stereocenters. The summed E-state index contributed by atoms with van der Waals surface area (Å²) in [6, 6.07) is 17.8. The standard InChI is InChI=1S/C28H30ClN3O2/c1-5-6-11-24-31-25-23(16-17-30-26(25)29)32(24)18-19-12-14-20(15-13-19)21-9-7-8-10-22(21)27(33)34-28(2,3)4/h7-10,12-17H,5-6,11,18H2,1-4H3. The highest BCUT2D eigenvalue weighted by atomic mass is 35.5. The Bertz CT molecular complexity index is 1300. The van der Waals surface area contributed by atoms with Crippen LogP contribution in [0.4, 0.5) is 0 Å². The molecule has 0 atom stereocenters. The second-order valence-electron chi connectivity index (χ2n) is 9.43. The average Bonchev–Trinajstić information content (AvgIpc) is 3.15. The first-order valence-corrected chi connectivity index (χ1v) is 12.1. The van der Waals surface area contributed by atoms with Gasteiger partial charge in [0.25, 0.3) is 0 Å². The van der Waals surface area contributed by atoms with Crippen LogP contribution in [0, 0.1) is 0 Å². The maximum Gasteiger partial charge on any atom is 0.339 e. The van der Waals surface area contributed by atoms with Gasteiger partial charge in [-0.3, -0.25) is 0 Å². The molecule has 6 heteroatoms. The highest BCUT2D eigenvalue weighted by Gasteiger charge is 2.21. The number of esters is 1. The number of unbranched alkanes of at least 4 members (excludes halogenated alkanes) is 1. The zero-order chi connectivity index (χ0) is 24.3. The van der Waals surface area contributed by atoms with Gasteiger partial charge in [0, 0.05) is 19.2 Å². The number of aryl methyl sites for hydroxylation is 1. The average molecular weight is 476 g/mol. The van der Waals surface area contributed by atoms with Crippen molar-refractivity contribution < 1.29 is 9.53 Å². The van der Waals surface area contributed by atoms with E-state index in [0.717, 1.165) is 52.8 Å². The van der Waals surface area contributed by atoms with Gasteiger partial charge in [-0.1, -0.05) is 67.4 Å². The molecule has 2 aromatic carbocycles. The molecule has 0 radical (unpaired) electrons. The molecular formula is C28H30ClN3O2. The molecule has 5 nitrogen and oxygen atoms in total. The van der Waals surface area contributed by atoms with Crippen molar-refractivity contribution in [2.24, 2.45) is 0 Å². The van der Waals surface area contributed by atoms with Gasteiger partial charge < -0.3 is 9.30 Å². The Morgan fingerprint density at radius 1 is 1.06 bits per heavy atom. The number of ether oxygens (including phenoxy) is 1. The fourth-order valence-corrected chi connectivity index (χ4v) is 4.18. The predicted octanol–water partition coefficient (Wildman–Crippen LogP) is 7.10. The summed E-state index contributed by atoms with van der Waals surface area (Å²) in [6.45, 7) is 8.49. The summed E-state index contributed by atoms with van der Waals surface area (Å²) in [5, 5.41) is 0.433. The summed E-state index contributed by atoms with van der Waals surface area (Å²) in [5.41, 5.74) is 4.73. The molecule has 2 heterocycles. The molecule has 0 fully saturated rings. The number of carbonyl (C=O) groups is 1. The number of hydrogen-bond acceptors (Lipinski definition) is 4. The van der Waals surface area contributed by atoms with Crippen LogP contribution in [-0.4, -0.2) is 26.1 Å². The van der Waals surface area contributed by atoms with Crippen LogP contribution in [0.3, 0.4) is 0 Å². The summed E-state index contributed by atoms with van der Waals surface area (Å²) >= 11 is 6.32. The van der Waals surface area contributed by atoms with Crippen molar-refractivity contribution in [3.05, 3.63) is 82.9 Å². The Morgan fingerprint density at radius 2 is 1.79 bits per heavy atom. The third-order valence-electron chi connectivity index (χ3n) is 5.61. The van der Waals surface area contributed by atoms with E-state index in [2.05, 4.69) is 40.7 Å². The van der Waals surface area contributed by atoms with E-state index in [9.17, 15) is 4.79 Å². The second kappa shape index (κ2) is 9.98. The first-order valence-electron chi connectivity index (χ1n) is 11.7. The fraction of sp³-hybridized carbons (Fsp3) is 0.321. The summed E-state index contributed by atoms with van der Waals surface area (Å²) in [7, 11) is 0. The summed E-state index contributed by atoms with van der Waals surface area (Å²) in [5.74, 6) is 0.703. The molecule has 0 aliphatic heterocycles. The SMILES string of the molecule is CCCCc1nc2c(Cl)nccc2n1Cc1ccc(-c2ccccc2C(=O)OC(C)(C)C)cc1. The predicted molar refractivity (Wildman–Crippen MR) is 137 cm³/mol. The molecule has 0 amide bonds. The minimum Gasteiger partial charge on any atom is -0.456 e. The molecule has 34 heavy (non-hydrogen) atoms. The smallest absolute Gasteiger partial charge is 0.339 e. The van der Waals surface area contributed by atoms with Crippen LogP contribution in [0.2, 0.25) is 5.15 Å². The van der Waals surface area contributed by atoms with Crippen molar-refractivity contribution >= 4 is 28.6 Å². The molecule has 0 N–H and O–H groups in total. The Balaban J connectivity index is 1.64. The van der Waals surface area contributed by atoms with Gasteiger partial charge in [-0.25, -0.2) is 14.8 Å². The minimum atomic E-state index is -0.546. The van der Waals surface area contributed by atoms with Gasteiger partial charge in [0.05, 0.1) is 11.1 Å². The molecular weight excluding hydrogens is 446 g/mol. The van der Waals surface area contributed by atoms with Crippen molar-refractivity contribution in [3.63, 3.8) is 0 Å². The number of carbonyl (C=O) groups excluding carboxylic acids is 1. The summed E-state index contributed by atoms with van der Waals surface area (Å²) in [6.07, 6.45) is 4.78. The monoisotopic (exact) mass is 475 g/mol. The first-order chi connectivity index (χ1) is 16.3. The molecule has 0 saturated heterocycles. The van der Waals surface area contributed by atoms with Gasteiger partial charge >= 0.3 is 5.97 Å². The molecule has 0 aliphatic rings. The third kappa shape index (κ3) is 5.31. The quantitative estimate of drug-likeness (QED) is 0.211. The molecule has 2 aromatic heterocycles. The second-order valence-corrected chi connectivity index (χ2v) is 9.79. The zero-order valence-corrected chi connectivity index (χ0v) is 20.9. The van der Waals surface area contributed by atoms with E-state index in [1.54, 1.807) is 6.20 Å². The summed E-state index contributed by atoms with van der Waals surface area (Å²) < 4.78 is 7.83. The van der Waals surface area contributed by atoms with Crippen LogP contribution in [-0.2, 0) is 17.7 Å². The van der Waals surface area contributed by atoms with Crippen molar-refractivity contribution in [1.29, 1.82) is 0 Å². The van der Waals surface area contributed by atoms with Crippen molar-refractivity contribution in [2.45, 2.75) is 59.1 Å². The number of hydrogen-bond donors (Lipinski definition) is 0. The topological polar surface area (TPSA) is 57.0 Å². The largest absolute Gasteiger partial charge is 0.456 e. The third-order valence-corrected chi connectivity index (χ3v) is 5.88. The van der Waals surface area contributed by atoms with Gasteiger partial charge in [0.1, 0.15) is 16.9 Å². The minimum absolute atomic E-state index is 0.317. The van der Waals surface area contributed by atoms with Crippen molar-refractivity contribution in [2.75, 3.05) is 0 Å². The van der Waals surface area contributed by atoms with Gasteiger partial charge in [-0.05, 0) is 56.0 Å². The van der Waals surface area contributed by atoms with E-state index in [4.69, 9.17) is 21.3 Å². The van der Waals surface area contributed by atoms with Crippen LogP contribution in [0.15, 0.2) is 60.8 Å². The van der Waals surface area contributed by atoms with Gasteiger partial charge in [-0.2, -0.15) is 0 Å². The van der Waals surface area contributed by atoms with E-state index >= 15 is 0 Å². The van der Waals surface area contributed by atoms with Gasteiger partial charge in [0.2, 0.25) is 0 Å². The van der Waals surface area contributed by atoms with E-state index < -0.39 is 5.60 Å². The maximum absolute atomic E-state index is 12.8. The zero-order valence-electron chi connectivity index (χ0n) is 20.1. The van der Waals surface area contributed by atoms with Crippen LogP contribution < -0.4 is 0 Å². The van der Waals surface area contributed by atoms with Crippen LogP contribution >= 0.6 is 11.6 Å². The Labute approximate surface area is 205 Å². The molecule has 0 saturated carbocycles. The highest BCUT2D eigenvalue weighted by Crippen LogP contribution is 2.28. The van der Waals surface area contributed by atoms with Gasteiger partial charge in [-0.15, -0.1) is 0 Å². The number of halogens is 1. The molecule has 0 spiro atoms. The normalized spacial score (nSPS) is 11.7. The van der Waals surface area contributed by atoms with Crippen LogP contribution in [0.25, 0.3) is 22.2 Å². The Hall–Kier alpha value is -3.18. The van der Waals surface area contributed by atoms with Gasteiger partial charge in [0.15, 0.2) is 5.15 Å². The first kappa shape index (κ1) is 24.0. The number of fused-ring (bicyclic) bond motifs is 1. The van der Waals surface area contributed by atoms with Crippen LogP contribution in [0.5, 0.6) is 0 Å². The number of pyridine rings is 1. The number of nitrogens with zero attached hydrogens (tertiary/aromatic N) is 3. The molecule has 0 bridgehead atoms.